The summed E-state index contributed by atoms with van der Waals surface area (Å²) in [6.07, 6.45) is 1.92. The predicted molar refractivity (Wildman–Crippen MR) is 65.8 cm³/mol. The monoisotopic (exact) mass is 240 g/mol. The molecule has 0 aliphatic heterocycles. The van der Waals surface area contributed by atoms with Gasteiger partial charge in [-0.3, -0.25) is 0 Å². The van der Waals surface area contributed by atoms with E-state index in [1.54, 1.807) is 7.11 Å². The van der Waals surface area contributed by atoms with Gasteiger partial charge >= 0.3 is 0 Å². The maximum Gasteiger partial charge on any atom is 0.124 e. The number of benzene rings is 1. The van der Waals surface area contributed by atoms with E-state index in [0.29, 0.717) is 5.02 Å². The molecule has 88 valence electrons. The number of methoxy groups -OCH3 is 1. The van der Waals surface area contributed by atoms with Crippen LogP contribution in [0.25, 0.3) is 0 Å². The van der Waals surface area contributed by atoms with Crippen molar-refractivity contribution in [1.29, 1.82) is 0 Å². The maximum absolute atomic E-state index is 6.17. The minimum Gasteiger partial charge on any atom is -0.496 e. The molecule has 1 aliphatic rings. The van der Waals surface area contributed by atoms with Gasteiger partial charge in [0.15, 0.2) is 0 Å². The zero-order valence-corrected chi connectivity index (χ0v) is 10.3. The van der Waals surface area contributed by atoms with E-state index in [0.717, 1.165) is 29.7 Å². The summed E-state index contributed by atoms with van der Waals surface area (Å²) in [5, 5.41) is 0.704. The van der Waals surface area contributed by atoms with Crippen molar-refractivity contribution in [3.8, 4) is 5.75 Å². The van der Waals surface area contributed by atoms with Gasteiger partial charge in [0.05, 0.1) is 13.2 Å². The SMILES string of the molecule is COc1cc(C)c(Cl)cc1C(N)C1(N)CC1. The minimum atomic E-state index is -0.272. The topological polar surface area (TPSA) is 61.3 Å². The lowest BCUT2D eigenvalue weighted by molar-refractivity contribution is 0.398. The third-order valence-electron chi connectivity index (χ3n) is 3.29. The van der Waals surface area contributed by atoms with Gasteiger partial charge in [-0.1, -0.05) is 11.6 Å². The molecule has 0 heterocycles. The lowest BCUT2D eigenvalue weighted by Crippen LogP contribution is -2.36. The first kappa shape index (κ1) is 11.7. The standard InChI is InChI=1S/C12H17ClN2O/c1-7-5-10(16-2)8(6-9(7)13)11(14)12(15)3-4-12/h5-6,11H,3-4,14-15H2,1-2H3. The van der Waals surface area contributed by atoms with Gasteiger partial charge in [-0.2, -0.15) is 0 Å². The smallest absolute Gasteiger partial charge is 0.124 e. The van der Waals surface area contributed by atoms with Crippen LogP contribution in [0.3, 0.4) is 0 Å². The Balaban J connectivity index is 2.42. The van der Waals surface area contributed by atoms with Crippen LogP contribution in [0, 0.1) is 6.92 Å². The predicted octanol–water partition coefficient (Wildman–Crippen LogP) is 2.15. The lowest BCUT2D eigenvalue weighted by Gasteiger charge is -2.22. The van der Waals surface area contributed by atoms with E-state index in [9.17, 15) is 0 Å². The quantitative estimate of drug-likeness (QED) is 0.851. The highest BCUT2D eigenvalue weighted by atomic mass is 35.5. The normalized spacial score (nSPS) is 19.3. The highest BCUT2D eigenvalue weighted by Gasteiger charge is 2.45. The molecule has 0 saturated heterocycles. The summed E-state index contributed by atoms with van der Waals surface area (Å²) in [5.41, 5.74) is 13.9. The fourth-order valence-corrected chi connectivity index (χ4v) is 2.03. The fourth-order valence-electron chi connectivity index (χ4n) is 1.86. The molecular weight excluding hydrogens is 224 g/mol. The van der Waals surface area contributed by atoms with Crippen molar-refractivity contribution in [2.24, 2.45) is 11.5 Å². The fraction of sp³-hybridized carbons (Fsp3) is 0.500. The van der Waals surface area contributed by atoms with E-state index in [1.165, 1.54) is 0 Å². The Morgan fingerprint density at radius 1 is 1.44 bits per heavy atom. The van der Waals surface area contributed by atoms with Crippen LogP contribution >= 0.6 is 11.6 Å². The van der Waals surface area contributed by atoms with E-state index in [-0.39, 0.29) is 11.6 Å². The van der Waals surface area contributed by atoms with Crippen molar-refractivity contribution < 1.29 is 4.74 Å². The second-order valence-electron chi connectivity index (χ2n) is 4.55. The summed E-state index contributed by atoms with van der Waals surface area (Å²) < 4.78 is 5.33. The van der Waals surface area contributed by atoms with Gasteiger partial charge in [-0.05, 0) is 37.5 Å². The number of aryl methyl sites for hydroxylation is 1. The van der Waals surface area contributed by atoms with Gasteiger partial charge in [0.25, 0.3) is 0 Å². The van der Waals surface area contributed by atoms with Crippen LogP contribution in [-0.2, 0) is 0 Å². The molecule has 1 unspecified atom stereocenters. The van der Waals surface area contributed by atoms with Crippen molar-refractivity contribution in [3.05, 3.63) is 28.3 Å². The molecule has 0 bridgehead atoms. The van der Waals surface area contributed by atoms with Crippen molar-refractivity contribution in [2.45, 2.75) is 31.3 Å². The summed E-state index contributed by atoms with van der Waals surface area (Å²) in [4.78, 5) is 0. The molecule has 0 amide bonds. The van der Waals surface area contributed by atoms with Crippen LogP contribution in [0.2, 0.25) is 5.02 Å². The number of nitrogens with two attached hydrogens (primary N) is 2. The Hall–Kier alpha value is -0.770. The van der Waals surface area contributed by atoms with Crippen LogP contribution in [0.15, 0.2) is 12.1 Å². The Morgan fingerprint density at radius 3 is 2.56 bits per heavy atom. The Labute approximate surface area is 101 Å². The van der Waals surface area contributed by atoms with Gasteiger partial charge < -0.3 is 16.2 Å². The number of halogens is 1. The number of ether oxygens (including phenoxy) is 1. The molecule has 0 radical (unpaired) electrons. The van der Waals surface area contributed by atoms with Gasteiger partial charge in [0.1, 0.15) is 5.75 Å². The summed E-state index contributed by atoms with van der Waals surface area (Å²) in [7, 11) is 1.63. The molecule has 1 atom stereocenters. The molecule has 4 heteroatoms. The van der Waals surface area contributed by atoms with Crippen molar-refractivity contribution in [1.82, 2.24) is 0 Å². The highest BCUT2D eigenvalue weighted by Crippen LogP contribution is 2.45. The highest BCUT2D eigenvalue weighted by molar-refractivity contribution is 6.31. The molecule has 1 fully saturated rings. The third-order valence-corrected chi connectivity index (χ3v) is 3.70. The number of hydrogen-bond donors (Lipinski definition) is 2. The van der Waals surface area contributed by atoms with Crippen LogP contribution < -0.4 is 16.2 Å². The first-order valence-electron chi connectivity index (χ1n) is 5.36. The van der Waals surface area contributed by atoms with Gasteiger partial charge in [0, 0.05) is 16.1 Å². The molecule has 0 spiro atoms. The molecule has 1 aromatic carbocycles. The second kappa shape index (κ2) is 3.91. The van der Waals surface area contributed by atoms with Crippen LogP contribution in [0.1, 0.15) is 30.0 Å². The van der Waals surface area contributed by atoms with Crippen LogP contribution in [0.4, 0.5) is 0 Å². The molecule has 1 aliphatic carbocycles. The molecular formula is C12H17ClN2O. The average Bonchev–Trinajstić information content (AvgIpc) is 3.00. The van der Waals surface area contributed by atoms with Gasteiger partial charge in [-0.25, -0.2) is 0 Å². The molecule has 1 aromatic rings. The van der Waals surface area contributed by atoms with E-state index < -0.39 is 0 Å². The summed E-state index contributed by atoms with van der Waals surface area (Å²) in [5.74, 6) is 0.770. The van der Waals surface area contributed by atoms with Crippen molar-refractivity contribution >= 4 is 11.6 Å². The molecule has 3 nitrogen and oxygen atoms in total. The first-order valence-corrected chi connectivity index (χ1v) is 5.74. The first-order chi connectivity index (χ1) is 7.48. The Bertz CT molecular complexity index is 416. The van der Waals surface area contributed by atoms with Crippen molar-refractivity contribution in [3.63, 3.8) is 0 Å². The molecule has 2 rings (SSSR count). The van der Waals surface area contributed by atoms with E-state index in [1.807, 2.05) is 19.1 Å². The zero-order chi connectivity index (χ0) is 11.9. The second-order valence-corrected chi connectivity index (χ2v) is 4.96. The molecule has 16 heavy (non-hydrogen) atoms. The largest absolute Gasteiger partial charge is 0.496 e. The van der Waals surface area contributed by atoms with Crippen molar-refractivity contribution in [2.75, 3.05) is 7.11 Å². The van der Waals surface area contributed by atoms with Gasteiger partial charge in [0.2, 0.25) is 0 Å². The molecule has 1 saturated carbocycles. The van der Waals surface area contributed by atoms with Gasteiger partial charge in [-0.15, -0.1) is 0 Å². The molecule has 0 aromatic heterocycles. The molecule has 4 N–H and O–H groups in total. The maximum atomic E-state index is 6.17. The van der Waals surface area contributed by atoms with Crippen LogP contribution in [-0.4, -0.2) is 12.6 Å². The summed E-state index contributed by atoms with van der Waals surface area (Å²) in [6, 6.07) is 3.57. The Kier molecular flexibility index (Phi) is 2.86. The number of hydrogen-bond acceptors (Lipinski definition) is 3. The minimum absolute atomic E-state index is 0.208. The van der Waals surface area contributed by atoms with E-state index in [2.05, 4.69) is 0 Å². The number of rotatable bonds is 3. The van der Waals surface area contributed by atoms with Crippen LogP contribution in [0.5, 0.6) is 5.75 Å². The third kappa shape index (κ3) is 1.90. The Morgan fingerprint density at radius 2 is 2.06 bits per heavy atom. The van der Waals surface area contributed by atoms with E-state index in [4.69, 9.17) is 27.8 Å². The van der Waals surface area contributed by atoms with E-state index >= 15 is 0 Å². The summed E-state index contributed by atoms with van der Waals surface area (Å²) >= 11 is 6.11. The summed E-state index contributed by atoms with van der Waals surface area (Å²) in [6.45, 7) is 1.94. The average molecular weight is 241 g/mol. The lowest BCUT2D eigenvalue weighted by atomic mass is 9.97. The zero-order valence-electron chi connectivity index (χ0n) is 9.59.